The van der Waals surface area contributed by atoms with E-state index in [4.69, 9.17) is 26.8 Å². The quantitative estimate of drug-likeness (QED) is 0.893. The molecule has 0 aromatic heterocycles. The first kappa shape index (κ1) is 12.0. The molecule has 0 bridgehead atoms. The Morgan fingerprint density at radius 3 is 3.00 bits per heavy atom. The second-order valence-electron chi connectivity index (χ2n) is 3.66. The van der Waals surface area contributed by atoms with Gasteiger partial charge in [0.05, 0.1) is 18.2 Å². The predicted molar refractivity (Wildman–Crippen MR) is 64.7 cm³/mol. The minimum Gasteiger partial charge on any atom is -0.495 e. The highest BCUT2D eigenvalue weighted by atomic mass is 35.5. The number of methoxy groups -OCH3 is 1. The van der Waals surface area contributed by atoms with E-state index >= 15 is 0 Å². The molecule has 2 rings (SSSR count). The first-order valence-electron chi connectivity index (χ1n) is 5.17. The maximum absolute atomic E-state index is 11.6. The smallest absolute Gasteiger partial charge is 0.414 e. The highest BCUT2D eigenvalue weighted by molar-refractivity contribution is 6.32. The Balaban J connectivity index is 2.33. The van der Waals surface area contributed by atoms with Crippen molar-refractivity contribution in [3.8, 4) is 5.75 Å². The van der Waals surface area contributed by atoms with Gasteiger partial charge in [0.25, 0.3) is 0 Å². The Morgan fingerprint density at radius 1 is 1.65 bits per heavy atom. The summed E-state index contributed by atoms with van der Waals surface area (Å²) in [4.78, 5) is 13.1. The van der Waals surface area contributed by atoms with Crippen LogP contribution in [0.1, 0.15) is 0 Å². The van der Waals surface area contributed by atoms with E-state index in [2.05, 4.69) is 0 Å². The summed E-state index contributed by atoms with van der Waals surface area (Å²) in [5, 5.41) is 0.445. The van der Waals surface area contributed by atoms with Gasteiger partial charge in [-0.1, -0.05) is 11.6 Å². The van der Waals surface area contributed by atoms with Crippen LogP contribution in [0.5, 0.6) is 5.75 Å². The van der Waals surface area contributed by atoms with Gasteiger partial charge < -0.3 is 15.2 Å². The van der Waals surface area contributed by atoms with Crippen LogP contribution in [0.2, 0.25) is 5.02 Å². The van der Waals surface area contributed by atoms with Crippen LogP contribution in [0.15, 0.2) is 18.2 Å². The van der Waals surface area contributed by atoms with E-state index in [-0.39, 0.29) is 6.04 Å². The summed E-state index contributed by atoms with van der Waals surface area (Å²) in [6.07, 6.45) is -0.401. The van der Waals surface area contributed by atoms with Crippen molar-refractivity contribution in [2.75, 3.05) is 25.2 Å². The van der Waals surface area contributed by atoms with Crippen LogP contribution in [0, 0.1) is 0 Å². The van der Waals surface area contributed by atoms with Gasteiger partial charge in [0.2, 0.25) is 0 Å². The van der Waals surface area contributed by atoms with Crippen LogP contribution < -0.4 is 15.4 Å². The molecule has 17 heavy (non-hydrogen) atoms. The van der Waals surface area contributed by atoms with Gasteiger partial charge in [0, 0.05) is 12.2 Å². The molecule has 1 fully saturated rings. The fourth-order valence-corrected chi connectivity index (χ4v) is 2.01. The summed E-state index contributed by atoms with van der Waals surface area (Å²) in [7, 11) is 1.54. The van der Waals surface area contributed by atoms with Crippen LogP contribution in [0.3, 0.4) is 0 Å². The molecule has 1 unspecified atom stereocenters. The van der Waals surface area contributed by atoms with Gasteiger partial charge in [-0.15, -0.1) is 0 Å². The van der Waals surface area contributed by atoms with Gasteiger partial charge >= 0.3 is 6.09 Å². The molecule has 1 heterocycles. The zero-order valence-electron chi connectivity index (χ0n) is 9.35. The molecule has 6 heteroatoms. The number of halogens is 1. The van der Waals surface area contributed by atoms with E-state index in [1.807, 2.05) is 0 Å². The fourth-order valence-electron chi connectivity index (χ4n) is 1.76. The van der Waals surface area contributed by atoms with Crippen molar-refractivity contribution in [1.29, 1.82) is 0 Å². The van der Waals surface area contributed by atoms with Gasteiger partial charge in [-0.2, -0.15) is 0 Å². The Bertz CT molecular complexity index is 439. The van der Waals surface area contributed by atoms with Crippen LogP contribution in [-0.4, -0.2) is 32.4 Å². The largest absolute Gasteiger partial charge is 0.495 e. The number of nitrogens with zero attached hydrogens (tertiary/aromatic N) is 1. The number of hydrogen-bond donors (Lipinski definition) is 1. The maximum Gasteiger partial charge on any atom is 0.414 e. The van der Waals surface area contributed by atoms with Gasteiger partial charge in [-0.05, 0) is 18.2 Å². The van der Waals surface area contributed by atoms with E-state index in [0.29, 0.717) is 29.6 Å². The Kier molecular flexibility index (Phi) is 3.40. The number of rotatable bonds is 3. The van der Waals surface area contributed by atoms with E-state index in [1.165, 1.54) is 12.0 Å². The molecular weight excluding hydrogens is 244 g/mol. The first-order chi connectivity index (χ1) is 8.17. The third kappa shape index (κ3) is 2.16. The molecule has 1 atom stereocenters. The third-order valence-corrected chi connectivity index (χ3v) is 2.94. The number of ether oxygens (including phenoxy) is 2. The molecule has 5 nitrogen and oxygen atoms in total. The summed E-state index contributed by atoms with van der Waals surface area (Å²) in [5.41, 5.74) is 6.25. The molecule has 0 saturated carbocycles. The Labute approximate surface area is 104 Å². The lowest BCUT2D eigenvalue weighted by molar-refractivity contribution is 0.179. The Hall–Kier alpha value is -1.46. The van der Waals surface area contributed by atoms with Crippen LogP contribution in [0.25, 0.3) is 0 Å². The molecule has 0 spiro atoms. The lowest BCUT2D eigenvalue weighted by atomic mass is 10.2. The Morgan fingerprint density at radius 2 is 2.41 bits per heavy atom. The van der Waals surface area contributed by atoms with Crippen LogP contribution in [0.4, 0.5) is 10.5 Å². The first-order valence-corrected chi connectivity index (χ1v) is 5.54. The highest BCUT2D eigenvalue weighted by Crippen LogP contribution is 2.31. The molecular formula is C11H13ClN2O3. The molecule has 1 aliphatic heterocycles. The number of cyclic esters (lactones) is 1. The molecule has 1 amide bonds. The third-order valence-electron chi connectivity index (χ3n) is 2.65. The van der Waals surface area contributed by atoms with Gasteiger partial charge in [0.1, 0.15) is 12.4 Å². The molecule has 0 aliphatic carbocycles. The second-order valence-corrected chi connectivity index (χ2v) is 4.06. The van der Waals surface area contributed by atoms with Crippen molar-refractivity contribution >= 4 is 23.4 Å². The van der Waals surface area contributed by atoms with E-state index in [9.17, 15) is 4.79 Å². The summed E-state index contributed by atoms with van der Waals surface area (Å²) in [6.45, 7) is 0.647. The number of anilines is 1. The minimum absolute atomic E-state index is 0.146. The summed E-state index contributed by atoms with van der Waals surface area (Å²) >= 11 is 6.01. The zero-order valence-corrected chi connectivity index (χ0v) is 10.1. The van der Waals surface area contributed by atoms with Crippen molar-refractivity contribution in [3.05, 3.63) is 23.2 Å². The van der Waals surface area contributed by atoms with Crippen molar-refractivity contribution < 1.29 is 14.3 Å². The zero-order chi connectivity index (χ0) is 12.4. The molecule has 92 valence electrons. The lowest BCUT2D eigenvalue weighted by Crippen LogP contribution is -2.38. The molecule has 1 aliphatic rings. The van der Waals surface area contributed by atoms with E-state index < -0.39 is 6.09 Å². The molecule has 0 radical (unpaired) electrons. The lowest BCUT2D eigenvalue weighted by Gasteiger charge is -2.20. The second kappa shape index (κ2) is 4.81. The maximum atomic E-state index is 11.6. The minimum atomic E-state index is -0.401. The number of nitrogens with two attached hydrogens (primary N) is 1. The highest BCUT2D eigenvalue weighted by Gasteiger charge is 2.33. The van der Waals surface area contributed by atoms with Gasteiger partial charge in [0.15, 0.2) is 0 Å². The van der Waals surface area contributed by atoms with Crippen molar-refractivity contribution in [2.45, 2.75) is 6.04 Å². The molecule has 2 N–H and O–H groups in total. The predicted octanol–water partition coefficient (Wildman–Crippen LogP) is 1.63. The average Bonchev–Trinajstić information content (AvgIpc) is 2.70. The van der Waals surface area contributed by atoms with E-state index in [0.717, 1.165) is 0 Å². The fraction of sp³-hybridized carbons (Fsp3) is 0.364. The average molecular weight is 257 g/mol. The van der Waals surface area contributed by atoms with Crippen molar-refractivity contribution in [1.82, 2.24) is 0 Å². The summed E-state index contributed by atoms with van der Waals surface area (Å²) < 4.78 is 10.0. The number of hydrogen-bond acceptors (Lipinski definition) is 4. The summed E-state index contributed by atoms with van der Waals surface area (Å²) in [5.74, 6) is 0.562. The van der Waals surface area contributed by atoms with Crippen LogP contribution >= 0.6 is 11.6 Å². The summed E-state index contributed by atoms with van der Waals surface area (Å²) in [6, 6.07) is 4.97. The number of carbonyl (C=O) groups is 1. The van der Waals surface area contributed by atoms with Crippen molar-refractivity contribution in [3.63, 3.8) is 0 Å². The number of benzene rings is 1. The normalized spacial score (nSPS) is 19.4. The standard InChI is InChI=1S/C11H13ClN2O3/c1-16-10-3-2-7(4-9(10)12)14-8(5-13)6-17-11(14)15/h2-4,8H,5-6,13H2,1H3. The monoisotopic (exact) mass is 256 g/mol. The van der Waals surface area contributed by atoms with E-state index in [1.54, 1.807) is 18.2 Å². The number of carbonyl (C=O) groups excluding carboxylic acids is 1. The molecule has 1 saturated heterocycles. The SMILES string of the molecule is COc1ccc(N2C(=O)OCC2CN)cc1Cl. The van der Waals surface area contributed by atoms with Crippen LogP contribution in [-0.2, 0) is 4.74 Å². The topological polar surface area (TPSA) is 64.8 Å². The van der Waals surface area contributed by atoms with Crippen molar-refractivity contribution in [2.24, 2.45) is 5.73 Å². The van der Waals surface area contributed by atoms with Gasteiger partial charge in [-0.3, -0.25) is 4.90 Å². The molecule has 1 aromatic carbocycles. The molecule has 1 aromatic rings. The number of amides is 1. The van der Waals surface area contributed by atoms with Gasteiger partial charge in [-0.25, -0.2) is 4.79 Å².